The van der Waals surface area contributed by atoms with Crippen LogP contribution in [0.4, 0.5) is 17.6 Å². The van der Waals surface area contributed by atoms with Gasteiger partial charge in [-0.05, 0) is 30.5 Å². The van der Waals surface area contributed by atoms with E-state index in [9.17, 15) is 27.5 Å². The molecule has 0 spiro atoms. The van der Waals surface area contributed by atoms with E-state index in [-0.39, 0.29) is 22.6 Å². The molecule has 2 N–H and O–H groups in total. The lowest BCUT2D eigenvalue weighted by Crippen LogP contribution is -2.21. The number of aliphatic hydroxyl groups excluding tert-OH is 1. The molecule has 7 nitrogen and oxygen atoms in total. The van der Waals surface area contributed by atoms with E-state index in [2.05, 4.69) is 19.8 Å². The van der Waals surface area contributed by atoms with Gasteiger partial charge in [-0.3, -0.25) is 4.79 Å². The Morgan fingerprint density at radius 3 is 2.55 bits per heavy atom. The van der Waals surface area contributed by atoms with Gasteiger partial charge in [0.1, 0.15) is 16.9 Å². The quantitative estimate of drug-likeness (QED) is 0.626. The summed E-state index contributed by atoms with van der Waals surface area (Å²) in [5, 5.41) is 14.0. The number of benzene rings is 1. The van der Waals surface area contributed by atoms with Crippen LogP contribution in [0.25, 0.3) is 11.0 Å². The van der Waals surface area contributed by atoms with Crippen molar-refractivity contribution in [2.75, 3.05) is 0 Å². The molecule has 2 heterocycles. The Morgan fingerprint density at radius 2 is 2.00 bits per heavy atom. The van der Waals surface area contributed by atoms with Crippen LogP contribution in [0, 0.1) is 18.7 Å². The zero-order chi connectivity index (χ0) is 21.5. The van der Waals surface area contributed by atoms with E-state index < -0.39 is 36.1 Å². The van der Waals surface area contributed by atoms with Crippen molar-refractivity contribution < 1.29 is 27.4 Å². The van der Waals surface area contributed by atoms with Crippen LogP contribution < -0.4 is 10.3 Å². The molecule has 0 unspecified atom stereocenters. The molecule has 29 heavy (non-hydrogen) atoms. The van der Waals surface area contributed by atoms with Crippen molar-refractivity contribution in [3.05, 3.63) is 51.5 Å². The van der Waals surface area contributed by atoms with Crippen LogP contribution in [0.2, 0.25) is 0 Å². The molecular formula is C18H18F4N4O3. The maximum absolute atomic E-state index is 14.3. The van der Waals surface area contributed by atoms with Gasteiger partial charge in [0.15, 0.2) is 17.2 Å². The SMILES string of the molecule is Cc1nc2c(c(CO)nn2[C@H](c2ccc(OC(F)(F)F)c(F)c2)C(C)C)c(=O)[nH]1. The van der Waals surface area contributed by atoms with Crippen LogP contribution in [-0.4, -0.2) is 31.2 Å². The standard InChI is InChI=1S/C18H18F4N4O3/c1-8(2)15(10-4-5-13(11(19)6-10)29-18(20,21)22)26-16-14(12(7-27)25-26)17(28)24-9(3)23-16/h4-6,8,15,27H,7H2,1-3H3,(H,23,24,28)/t15-/m0/s1. The average molecular weight is 414 g/mol. The van der Waals surface area contributed by atoms with E-state index in [0.29, 0.717) is 11.4 Å². The summed E-state index contributed by atoms with van der Waals surface area (Å²) in [4.78, 5) is 19.1. The van der Waals surface area contributed by atoms with Gasteiger partial charge in [-0.25, -0.2) is 14.1 Å². The minimum absolute atomic E-state index is 0.0943. The predicted octanol–water partition coefficient (Wildman–Crippen LogP) is 3.20. The number of aliphatic hydroxyl groups is 1. The maximum atomic E-state index is 14.3. The number of fused-ring (bicyclic) bond motifs is 1. The first kappa shape index (κ1) is 20.8. The first-order chi connectivity index (χ1) is 13.5. The van der Waals surface area contributed by atoms with Gasteiger partial charge in [0.25, 0.3) is 5.56 Å². The highest BCUT2D eigenvalue weighted by molar-refractivity contribution is 5.77. The van der Waals surface area contributed by atoms with Crippen molar-refractivity contribution in [3.63, 3.8) is 0 Å². The molecule has 0 aliphatic rings. The van der Waals surface area contributed by atoms with Crippen molar-refractivity contribution >= 4 is 11.0 Å². The van der Waals surface area contributed by atoms with Crippen molar-refractivity contribution in [1.29, 1.82) is 0 Å². The minimum atomic E-state index is -5.02. The molecule has 3 rings (SSSR count). The third-order valence-electron chi connectivity index (χ3n) is 4.32. The Morgan fingerprint density at radius 1 is 1.31 bits per heavy atom. The second kappa shape index (κ2) is 7.47. The highest BCUT2D eigenvalue weighted by Gasteiger charge is 2.33. The third kappa shape index (κ3) is 4.09. The summed E-state index contributed by atoms with van der Waals surface area (Å²) in [6.07, 6.45) is -5.02. The zero-order valence-electron chi connectivity index (χ0n) is 15.7. The number of halogens is 4. The number of hydrogen-bond donors (Lipinski definition) is 2. The van der Waals surface area contributed by atoms with Crippen molar-refractivity contribution in [1.82, 2.24) is 19.7 Å². The van der Waals surface area contributed by atoms with Crippen LogP contribution in [0.1, 0.15) is 37.0 Å². The second-order valence-electron chi connectivity index (χ2n) is 6.83. The van der Waals surface area contributed by atoms with Crippen LogP contribution in [0.15, 0.2) is 23.0 Å². The molecule has 0 aliphatic carbocycles. The van der Waals surface area contributed by atoms with Crippen LogP contribution in [-0.2, 0) is 6.61 Å². The summed E-state index contributed by atoms with van der Waals surface area (Å²) < 4.78 is 56.5. The lowest BCUT2D eigenvalue weighted by molar-refractivity contribution is -0.275. The molecule has 0 saturated heterocycles. The lowest BCUT2D eigenvalue weighted by atomic mass is 9.96. The van der Waals surface area contributed by atoms with Crippen molar-refractivity contribution in [2.45, 2.75) is 39.8 Å². The molecule has 0 amide bonds. The Balaban J connectivity index is 2.17. The van der Waals surface area contributed by atoms with Gasteiger partial charge in [-0.15, -0.1) is 13.2 Å². The Hall–Kier alpha value is -2.95. The normalized spacial score (nSPS) is 13.3. The van der Waals surface area contributed by atoms with Gasteiger partial charge in [-0.1, -0.05) is 19.9 Å². The summed E-state index contributed by atoms with van der Waals surface area (Å²) in [5.41, 5.74) is 0.105. The van der Waals surface area contributed by atoms with Crippen LogP contribution >= 0.6 is 0 Å². The van der Waals surface area contributed by atoms with Gasteiger partial charge in [-0.2, -0.15) is 5.10 Å². The first-order valence-electron chi connectivity index (χ1n) is 8.66. The number of ether oxygens (including phenoxy) is 1. The lowest BCUT2D eigenvalue weighted by Gasteiger charge is -2.23. The Kier molecular flexibility index (Phi) is 5.35. The third-order valence-corrected chi connectivity index (χ3v) is 4.32. The average Bonchev–Trinajstić information content (AvgIpc) is 2.94. The van der Waals surface area contributed by atoms with Gasteiger partial charge < -0.3 is 14.8 Å². The highest BCUT2D eigenvalue weighted by atomic mass is 19.4. The van der Waals surface area contributed by atoms with E-state index in [1.165, 1.54) is 10.7 Å². The largest absolute Gasteiger partial charge is 0.573 e. The summed E-state index contributed by atoms with van der Waals surface area (Å²) in [7, 11) is 0. The first-order valence-corrected chi connectivity index (χ1v) is 8.66. The molecule has 0 bridgehead atoms. The summed E-state index contributed by atoms with van der Waals surface area (Å²) in [6.45, 7) is 4.66. The fourth-order valence-electron chi connectivity index (χ4n) is 3.25. The van der Waals surface area contributed by atoms with Crippen LogP contribution in [0.3, 0.4) is 0 Å². The summed E-state index contributed by atoms with van der Waals surface area (Å²) >= 11 is 0. The number of nitrogens with one attached hydrogen (secondary N) is 1. The molecule has 11 heteroatoms. The number of alkyl halides is 3. The summed E-state index contributed by atoms with van der Waals surface area (Å²) in [5.74, 6) is -2.03. The van der Waals surface area contributed by atoms with E-state index in [1.807, 2.05) is 0 Å². The van der Waals surface area contributed by atoms with Gasteiger partial charge in [0, 0.05) is 0 Å². The van der Waals surface area contributed by atoms with Crippen molar-refractivity contribution in [3.8, 4) is 5.75 Å². The van der Waals surface area contributed by atoms with Gasteiger partial charge in [0.05, 0.1) is 12.6 Å². The summed E-state index contributed by atoms with van der Waals surface area (Å²) in [6, 6.07) is 2.44. The molecule has 0 radical (unpaired) electrons. The number of aromatic nitrogens is 4. The Bertz CT molecular complexity index is 1100. The monoisotopic (exact) mass is 414 g/mol. The number of H-pyrrole nitrogens is 1. The van der Waals surface area contributed by atoms with Crippen LogP contribution in [0.5, 0.6) is 5.75 Å². The molecule has 1 atom stereocenters. The van der Waals surface area contributed by atoms with E-state index >= 15 is 0 Å². The number of rotatable bonds is 5. The number of nitrogens with zero attached hydrogens (tertiary/aromatic N) is 3. The molecule has 0 aliphatic heterocycles. The number of hydrogen-bond acceptors (Lipinski definition) is 5. The number of aryl methyl sites for hydroxylation is 1. The van der Waals surface area contributed by atoms with E-state index in [1.54, 1.807) is 20.8 Å². The van der Waals surface area contributed by atoms with Crippen molar-refractivity contribution in [2.24, 2.45) is 5.92 Å². The van der Waals surface area contributed by atoms with Gasteiger partial charge >= 0.3 is 6.36 Å². The smallest absolute Gasteiger partial charge is 0.403 e. The zero-order valence-corrected chi connectivity index (χ0v) is 15.7. The molecule has 3 aromatic rings. The fourth-order valence-corrected chi connectivity index (χ4v) is 3.25. The molecule has 156 valence electrons. The van der Waals surface area contributed by atoms with Gasteiger partial charge in [0.2, 0.25) is 0 Å². The molecule has 1 aromatic carbocycles. The second-order valence-corrected chi connectivity index (χ2v) is 6.83. The highest BCUT2D eigenvalue weighted by Crippen LogP contribution is 2.33. The minimum Gasteiger partial charge on any atom is -0.403 e. The van der Waals surface area contributed by atoms with E-state index in [0.717, 1.165) is 12.1 Å². The Labute approximate surface area is 162 Å². The molecular weight excluding hydrogens is 396 g/mol. The predicted molar refractivity (Wildman–Crippen MR) is 94.9 cm³/mol. The fraction of sp³-hybridized carbons (Fsp3) is 0.389. The topological polar surface area (TPSA) is 93.0 Å². The number of aromatic amines is 1. The maximum Gasteiger partial charge on any atom is 0.573 e. The molecule has 0 fully saturated rings. The molecule has 0 saturated carbocycles. The van der Waals surface area contributed by atoms with E-state index in [4.69, 9.17) is 0 Å². The molecule has 2 aromatic heterocycles.